The molecule has 1 aromatic carbocycles. The highest BCUT2D eigenvalue weighted by atomic mass is 16.6. The lowest BCUT2D eigenvalue weighted by molar-refractivity contribution is -0.386. The van der Waals surface area contributed by atoms with Crippen molar-refractivity contribution in [1.29, 1.82) is 0 Å². The average Bonchev–Trinajstić information content (AvgIpc) is 2.34. The molecule has 0 aromatic heterocycles. The Morgan fingerprint density at radius 3 is 2.61 bits per heavy atom. The van der Waals surface area contributed by atoms with E-state index in [-0.39, 0.29) is 23.7 Å². The van der Waals surface area contributed by atoms with Gasteiger partial charge in [0.15, 0.2) is 5.75 Å². The van der Waals surface area contributed by atoms with E-state index in [0.717, 1.165) is 6.07 Å². The molecule has 0 saturated heterocycles. The maximum Gasteiger partial charge on any atom is 0.336 e. The Morgan fingerprint density at radius 2 is 2.17 bits per heavy atom. The Balaban J connectivity index is 3.36. The molecule has 0 heterocycles. The van der Waals surface area contributed by atoms with E-state index in [1.807, 2.05) is 6.92 Å². The van der Waals surface area contributed by atoms with Crippen molar-refractivity contribution < 1.29 is 24.3 Å². The van der Waals surface area contributed by atoms with E-state index in [1.54, 1.807) is 0 Å². The summed E-state index contributed by atoms with van der Waals surface area (Å²) in [5, 5.41) is 19.8. The first-order chi connectivity index (χ1) is 8.51. The second-order valence-corrected chi connectivity index (χ2v) is 3.44. The predicted octanol–water partition coefficient (Wildman–Crippen LogP) is 2.09. The Kier molecular flexibility index (Phi) is 4.47. The van der Waals surface area contributed by atoms with Crippen LogP contribution < -0.4 is 9.47 Å². The van der Waals surface area contributed by atoms with Crippen molar-refractivity contribution in [1.82, 2.24) is 0 Å². The zero-order valence-electron chi connectivity index (χ0n) is 10.0. The van der Waals surface area contributed by atoms with Gasteiger partial charge in [-0.3, -0.25) is 10.1 Å². The molecule has 0 aliphatic rings. The Morgan fingerprint density at radius 1 is 1.50 bits per heavy atom. The second-order valence-electron chi connectivity index (χ2n) is 3.44. The van der Waals surface area contributed by atoms with Crippen molar-refractivity contribution in [2.45, 2.75) is 13.3 Å². The number of ether oxygens (including phenoxy) is 2. The number of nitrogens with zero attached hydrogens (tertiary/aromatic N) is 1. The Labute approximate surface area is 103 Å². The fraction of sp³-hybridized carbons (Fsp3) is 0.364. The zero-order chi connectivity index (χ0) is 13.7. The van der Waals surface area contributed by atoms with Gasteiger partial charge in [-0.2, -0.15) is 0 Å². The SMILES string of the molecule is CCCOc1c(OC)cc(C(=O)O)cc1[N+](=O)[O-]. The van der Waals surface area contributed by atoms with E-state index >= 15 is 0 Å². The van der Waals surface area contributed by atoms with Crippen molar-refractivity contribution >= 4 is 11.7 Å². The van der Waals surface area contributed by atoms with Crippen molar-refractivity contribution in [3.8, 4) is 11.5 Å². The van der Waals surface area contributed by atoms with Crippen LogP contribution in [0.5, 0.6) is 11.5 Å². The van der Waals surface area contributed by atoms with Crippen LogP contribution in [0.2, 0.25) is 0 Å². The summed E-state index contributed by atoms with van der Waals surface area (Å²) in [5.74, 6) is -1.28. The minimum atomic E-state index is -1.27. The molecule has 0 fully saturated rings. The molecule has 0 spiro atoms. The molecular formula is C11H13NO6. The van der Waals surface area contributed by atoms with Gasteiger partial charge in [0.1, 0.15) is 0 Å². The molecule has 0 bridgehead atoms. The predicted molar refractivity (Wildman–Crippen MR) is 62.4 cm³/mol. The van der Waals surface area contributed by atoms with E-state index in [0.29, 0.717) is 6.42 Å². The van der Waals surface area contributed by atoms with E-state index in [4.69, 9.17) is 14.6 Å². The first kappa shape index (κ1) is 13.8. The van der Waals surface area contributed by atoms with Gasteiger partial charge in [0.2, 0.25) is 5.75 Å². The second kappa shape index (κ2) is 5.85. The van der Waals surface area contributed by atoms with E-state index in [1.165, 1.54) is 13.2 Å². The fourth-order valence-electron chi connectivity index (χ4n) is 1.35. The number of nitro groups is 1. The topological polar surface area (TPSA) is 98.9 Å². The molecule has 0 unspecified atom stereocenters. The number of hydrogen-bond donors (Lipinski definition) is 1. The van der Waals surface area contributed by atoms with E-state index < -0.39 is 16.6 Å². The molecule has 1 rings (SSSR count). The molecular weight excluding hydrogens is 242 g/mol. The molecule has 18 heavy (non-hydrogen) atoms. The molecule has 7 heteroatoms. The van der Waals surface area contributed by atoms with E-state index in [9.17, 15) is 14.9 Å². The number of carboxylic acid groups (broad SMARTS) is 1. The molecule has 0 aliphatic heterocycles. The first-order valence-corrected chi connectivity index (χ1v) is 5.23. The highest BCUT2D eigenvalue weighted by molar-refractivity contribution is 5.90. The molecule has 0 saturated carbocycles. The van der Waals surface area contributed by atoms with Crippen LogP contribution in [0, 0.1) is 10.1 Å². The average molecular weight is 255 g/mol. The van der Waals surface area contributed by atoms with Gasteiger partial charge < -0.3 is 14.6 Å². The summed E-state index contributed by atoms with van der Waals surface area (Å²) >= 11 is 0. The van der Waals surface area contributed by atoms with Crippen molar-refractivity contribution in [3.63, 3.8) is 0 Å². The fourth-order valence-corrected chi connectivity index (χ4v) is 1.35. The molecule has 0 aliphatic carbocycles. The summed E-state index contributed by atoms with van der Waals surface area (Å²) in [6, 6.07) is 2.15. The minimum Gasteiger partial charge on any atom is -0.493 e. The van der Waals surface area contributed by atoms with Gasteiger partial charge in [-0.15, -0.1) is 0 Å². The maximum absolute atomic E-state index is 10.9. The zero-order valence-corrected chi connectivity index (χ0v) is 10.0. The Hall–Kier alpha value is -2.31. The monoisotopic (exact) mass is 255 g/mol. The molecule has 1 aromatic rings. The van der Waals surface area contributed by atoms with Crippen LogP contribution in [0.3, 0.4) is 0 Å². The van der Waals surface area contributed by atoms with Crippen LogP contribution in [0.4, 0.5) is 5.69 Å². The van der Waals surface area contributed by atoms with Gasteiger partial charge in [0.25, 0.3) is 0 Å². The summed E-state index contributed by atoms with van der Waals surface area (Å²) in [7, 11) is 1.30. The Bertz CT molecular complexity index is 471. The van der Waals surface area contributed by atoms with Gasteiger partial charge in [-0.1, -0.05) is 6.92 Å². The molecule has 0 amide bonds. The van der Waals surface area contributed by atoms with Gasteiger partial charge in [0, 0.05) is 6.07 Å². The van der Waals surface area contributed by atoms with Crippen molar-refractivity contribution in [3.05, 3.63) is 27.8 Å². The van der Waals surface area contributed by atoms with Crippen LogP contribution in [0.1, 0.15) is 23.7 Å². The van der Waals surface area contributed by atoms with Gasteiger partial charge in [-0.25, -0.2) is 4.79 Å². The minimum absolute atomic E-state index is 0.0371. The van der Waals surface area contributed by atoms with Gasteiger partial charge >= 0.3 is 11.7 Å². The molecule has 98 valence electrons. The van der Waals surface area contributed by atoms with Gasteiger partial charge in [-0.05, 0) is 12.5 Å². The lowest BCUT2D eigenvalue weighted by atomic mass is 10.1. The highest BCUT2D eigenvalue weighted by Crippen LogP contribution is 2.38. The number of carbonyl (C=O) groups is 1. The van der Waals surface area contributed by atoms with Crippen LogP contribution in [-0.2, 0) is 0 Å². The normalized spacial score (nSPS) is 9.89. The number of methoxy groups -OCH3 is 1. The number of aromatic carboxylic acids is 1. The number of nitro benzene ring substituents is 1. The number of hydrogen-bond acceptors (Lipinski definition) is 5. The highest BCUT2D eigenvalue weighted by Gasteiger charge is 2.24. The maximum atomic E-state index is 10.9. The third-order valence-electron chi connectivity index (χ3n) is 2.15. The number of carboxylic acids is 1. The summed E-state index contributed by atoms with van der Waals surface area (Å²) in [4.78, 5) is 21.1. The van der Waals surface area contributed by atoms with Crippen LogP contribution in [0.15, 0.2) is 12.1 Å². The molecule has 0 radical (unpaired) electrons. The largest absolute Gasteiger partial charge is 0.493 e. The van der Waals surface area contributed by atoms with Crippen molar-refractivity contribution in [2.75, 3.05) is 13.7 Å². The van der Waals surface area contributed by atoms with Crippen molar-refractivity contribution in [2.24, 2.45) is 0 Å². The van der Waals surface area contributed by atoms with Crippen LogP contribution in [0.25, 0.3) is 0 Å². The standard InChI is InChI=1S/C11H13NO6/c1-3-4-18-10-8(12(15)16)5-7(11(13)14)6-9(10)17-2/h5-6H,3-4H2,1-2H3,(H,13,14). The summed E-state index contributed by atoms with van der Waals surface area (Å²) < 4.78 is 10.2. The lowest BCUT2D eigenvalue weighted by Crippen LogP contribution is -2.05. The third-order valence-corrected chi connectivity index (χ3v) is 2.15. The lowest BCUT2D eigenvalue weighted by Gasteiger charge is -2.11. The smallest absolute Gasteiger partial charge is 0.336 e. The van der Waals surface area contributed by atoms with Gasteiger partial charge in [0.05, 0.1) is 24.2 Å². The summed E-state index contributed by atoms with van der Waals surface area (Å²) in [6.45, 7) is 2.13. The number of benzene rings is 1. The number of rotatable bonds is 6. The molecule has 1 N–H and O–H groups in total. The van der Waals surface area contributed by atoms with Crippen LogP contribution >= 0.6 is 0 Å². The summed E-state index contributed by atoms with van der Waals surface area (Å²) in [5.41, 5.74) is -0.636. The van der Waals surface area contributed by atoms with Crippen LogP contribution in [-0.4, -0.2) is 29.7 Å². The summed E-state index contributed by atoms with van der Waals surface area (Å²) in [6.07, 6.45) is 0.668. The van der Waals surface area contributed by atoms with E-state index in [2.05, 4.69) is 0 Å². The third kappa shape index (κ3) is 2.88. The quantitative estimate of drug-likeness (QED) is 0.617. The first-order valence-electron chi connectivity index (χ1n) is 5.23. The molecule has 0 atom stereocenters. The molecule has 7 nitrogen and oxygen atoms in total.